The Balaban J connectivity index is 0.00000243. The number of para-hydroxylation sites is 1. The number of nitrogens with zero attached hydrogens (tertiary/aromatic N) is 2. The largest absolute Gasteiger partial charge is 0.494 e. The second-order valence-corrected chi connectivity index (χ2v) is 6.66. The van der Waals surface area contributed by atoms with Gasteiger partial charge >= 0.3 is 0 Å². The number of ether oxygens (including phenoxy) is 1. The van der Waals surface area contributed by atoms with Gasteiger partial charge in [-0.05, 0) is 31.4 Å². The quantitative estimate of drug-likeness (QED) is 0.762. The van der Waals surface area contributed by atoms with Crippen molar-refractivity contribution in [3.8, 4) is 5.75 Å². The first-order valence-corrected chi connectivity index (χ1v) is 9.20. The summed E-state index contributed by atoms with van der Waals surface area (Å²) >= 11 is 0. The van der Waals surface area contributed by atoms with E-state index in [1.165, 1.54) is 0 Å². The molecule has 1 atom stereocenters. The molecule has 0 aromatic heterocycles. The molecule has 2 amide bonds. The molecule has 0 bridgehead atoms. The lowest BCUT2D eigenvalue weighted by Gasteiger charge is -2.41. The Morgan fingerprint density at radius 1 is 1.23 bits per heavy atom. The van der Waals surface area contributed by atoms with Crippen molar-refractivity contribution in [1.82, 2.24) is 15.1 Å². The van der Waals surface area contributed by atoms with Gasteiger partial charge < -0.3 is 19.9 Å². The van der Waals surface area contributed by atoms with E-state index in [1.807, 2.05) is 40.1 Å². The Kier molecular flexibility index (Phi) is 8.19. The Morgan fingerprint density at radius 2 is 2.04 bits per heavy atom. The predicted octanol–water partition coefficient (Wildman–Crippen LogP) is 1.69. The molecule has 1 aromatic carbocycles. The Labute approximate surface area is 161 Å². The summed E-state index contributed by atoms with van der Waals surface area (Å²) in [5, 5.41) is 3.10. The smallest absolute Gasteiger partial charge is 0.236 e. The SMILES string of the molecule is Cl.O=C(CCCOc1ccccc1)N1CCCC(N2CCNCC2=O)C1. The Bertz CT molecular complexity index is 585. The predicted molar refractivity (Wildman–Crippen MR) is 103 cm³/mol. The third-order valence-electron chi connectivity index (χ3n) is 4.86. The van der Waals surface area contributed by atoms with E-state index in [9.17, 15) is 9.59 Å². The molecule has 2 fully saturated rings. The fraction of sp³-hybridized carbons (Fsp3) is 0.579. The van der Waals surface area contributed by atoms with E-state index in [1.54, 1.807) is 0 Å². The monoisotopic (exact) mass is 381 g/mol. The lowest BCUT2D eigenvalue weighted by Crippen LogP contribution is -2.57. The minimum atomic E-state index is 0. The third kappa shape index (κ3) is 5.61. The molecule has 6 nitrogen and oxygen atoms in total. The number of hydrogen-bond acceptors (Lipinski definition) is 4. The molecule has 0 saturated carbocycles. The fourth-order valence-electron chi connectivity index (χ4n) is 3.53. The summed E-state index contributed by atoms with van der Waals surface area (Å²) in [6, 6.07) is 9.83. The number of piperazine rings is 1. The number of hydrogen-bond donors (Lipinski definition) is 1. The molecule has 0 radical (unpaired) electrons. The number of carbonyl (C=O) groups is 2. The fourth-order valence-corrected chi connectivity index (χ4v) is 3.53. The number of piperidine rings is 1. The van der Waals surface area contributed by atoms with Gasteiger partial charge in [-0.15, -0.1) is 12.4 Å². The second kappa shape index (κ2) is 10.4. The van der Waals surface area contributed by atoms with Gasteiger partial charge in [-0.1, -0.05) is 18.2 Å². The van der Waals surface area contributed by atoms with E-state index >= 15 is 0 Å². The Hall–Kier alpha value is -1.79. The standard InChI is InChI=1S/C19H27N3O3.ClH/c23-18(9-5-13-25-17-7-2-1-3-8-17)21-11-4-6-16(15-21)22-12-10-20-14-19(22)24;/h1-3,7-8,16,20H,4-6,9-15H2;1H. The number of rotatable bonds is 6. The molecule has 1 N–H and O–H groups in total. The van der Waals surface area contributed by atoms with E-state index < -0.39 is 0 Å². The van der Waals surface area contributed by atoms with Gasteiger partial charge in [0.05, 0.1) is 13.2 Å². The van der Waals surface area contributed by atoms with Crippen LogP contribution in [0.4, 0.5) is 0 Å². The highest BCUT2D eigenvalue weighted by Crippen LogP contribution is 2.18. The molecule has 1 aromatic rings. The van der Waals surface area contributed by atoms with E-state index in [-0.39, 0.29) is 30.3 Å². The molecule has 7 heteroatoms. The summed E-state index contributed by atoms with van der Waals surface area (Å²) in [5.41, 5.74) is 0. The zero-order valence-electron chi connectivity index (χ0n) is 15.1. The van der Waals surface area contributed by atoms with E-state index in [2.05, 4.69) is 5.32 Å². The average molecular weight is 382 g/mol. The van der Waals surface area contributed by atoms with Crippen LogP contribution in [-0.2, 0) is 9.59 Å². The number of amides is 2. The van der Waals surface area contributed by atoms with Gasteiger partial charge in [0.2, 0.25) is 11.8 Å². The van der Waals surface area contributed by atoms with Gasteiger partial charge in [0.25, 0.3) is 0 Å². The Morgan fingerprint density at radius 3 is 2.81 bits per heavy atom. The van der Waals surface area contributed by atoms with Crippen LogP contribution in [0.15, 0.2) is 30.3 Å². The van der Waals surface area contributed by atoms with Crippen molar-refractivity contribution in [2.24, 2.45) is 0 Å². The first-order chi connectivity index (χ1) is 12.2. The van der Waals surface area contributed by atoms with Crippen LogP contribution in [0.5, 0.6) is 5.75 Å². The van der Waals surface area contributed by atoms with Crippen molar-refractivity contribution in [3.05, 3.63) is 30.3 Å². The van der Waals surface area contributed by atoms with Gasteiger partial charge in [-0.25, -0.2) is 0 Å². The van der Waals surface area contributed by atoms with Crippen molar-refractivity contribution in [3.63, 3.8) is 0 Å². The number of nitrogens with one attached hydrogen (secondary N) is 1. The van der Waals surface area contributed by atoms with Gasteiger partial charge in [0.1, 0.15) is 5.75 Å². The summed E-state index contributed by atoms with van der Waals surface area (Å²) in [4.78, 5) is 28.4. The van der Waals surface area contributed by atoms with E-state index in [0.717, 1.165) is 38.2 Å². The number of halogens is 1. The van der Waals surface area contributed by atoms with Crippen LogP contribution in [0.1, 0.15) is 25.7 Å². The number of benzene rings is 1. The van der Waals surface area contributed by atoms with Crippen molar-refractivity contribution in [1.29, 1.82) is 0 Å². The topological polar surface area (TPSA) is 61.9 Å². The second-order valence-electron chi connectivity index (χ2n) is 6.66. The first-order valence-electron chi connectivity index (χ1n) is 9.20. The van der Waals surface area contributed by atoms with Crippen molar-refractivity contribution >= 4 is 24.2 Å². The van der Waals surface area contributed by atoms with Crippen LogP contribution >= 0.6 is 12.4 Å². The third-order valence-corrected chi connectivity index (χ3v) is 4.86. The molecule has 26 heavy (non-hydrogen) atoms. The molecule has 1 unspecified atom stereocenters. The van der Waals surface area contributed by atoms with Gasteiger partial charge in [-0.2, -0.15) is 0 Å². The summed E-state index contributed by atoms with van der Waals surface area (Å²) in [7, 11) is 0. The van der Waals surface area contributed by atoms with E-state index in [4.69, 9.17) is 4.74 Å². The molecule has 2 saturated heterocycles. The highest BCUT2D eigenvalue weighted by Gasteiger charge is 2.31. The van der Waals surface area contributed by atoms with Crippen molar-refractivity contribution < 1.29 is 14.3 Å². The maximum atomic E-state index is 12.5. The van der Waals surface area contributed by atoms with Crippen LogP contribution in [0.2, 0.25) is 0 Å². The van der Waals surface area contributed by atoms with Crippen LogP contribution in [0.25, 0.3) is 0 Å². The number of carbonyl (C=O) groups excluding carboxylic acids is 2. The average Bonchev–Trinajstić information content (AvgIpc) is 2.66. The van der Waals surface area contributed by atoms with Crippen molar-refractivity contribution in [2.45, 2.75) is 31.7 Å². The zero-order valence-corrected chi connectivity index (χ0v) is 15.9. The number of likely N-dealkylation sites (tertiary alicyclic amines) is 1. The summed E-state index contributed by atoms with van der Waals surface area (Å²) in [6.07, 6.45) is 3.16. The highest BCUT2D eigenvalue weighted by molar-refractivity contribution is 5.85. The van der Waals surface area contributed by atoms with Gasteiger partial charge in [0, 0.05) is 38.6 Å². The van der Waals surface area contributed by atoms with Crippen LogP contribution in [0.3, 0.4) is 0 Å². The zero-order chi connectivity index (χ0) is 17.5. The first kappa shape index (κ1) is 20.5. The molecular weight excluding hydrogens is 354 g/mol. The maximum absolute atomic E-state index is 12.5. The lowest BCUT2D eigenvalue weighted by atomic mass is 10.0. The molecule has 144 valence electrons. The summed E-state index contributed by atoms with van der Waals surface area (Å²) < 4.78 is 5.64. The van der Waals surface area contributed by atoms with Crippen LogP contribution in [-0.4, -0.2) is 67.0 Å². The normalized spacial score (nSPS) is 20.5. The summed E-state index contributed by atoms with van der Waals surface area (Å²) in [6.45, 7) is 4.02. The minimum Gasteiger partial charge on any atom is -0.494 e. The molecule has 2 aliphatic heterocycles. The maximum Gasteiger partial charge on any atom is 0.236 e. The molecular formula is C19H28ClN3O3. The van der Waals surface area contributed by atoms with E-state index in [0.29, 0.717) is 32.5 Å². The molecule has 2 heterocycles. The van der Waals surface area contributed by atoms with Crippen LogP contribution < -0.4 is 10.1 Å². The highest BCUT2D eigenvalue weighted by atomic mass is 35.5. The van der Waals surface area contributed by atoms with Crippen molar-refractivity contribution in [2.75, 3.05) is 39.3 Å². The molecule has 3 rings (SSSR count). The lowest BCUT2D eigenvalue weighted by molar-refractivity contribution is -0.140. The summed E-state index contributed by atoms with van der Waals surface area (Å²) in [5.74, 6) is 1.16. The van der Waals surface area contributed by atoms with Gasteiger partial charge in [0.15, 0.2) is 0 Å². The molecule has 0 spiro atoms. The molecule has 2 aliphatic rings. The molecule has 0 aliphatic carbocycles. The van der Waals surface area contributed by atoms with Crippen LogP contribution in [0, 0.1) is 0 Å². The minimum absolute atomic E-state index is 0. The van der Waals surface area contributed by atoms with Gasteiger partial charge in [-0.3, -0.25) is 9.59 Å².